The highest BCUT2D eigenvalue weighted by Gasteiger charge is 2.15. The number of amides is 1. The molecule has 0 unspecified atom stereocenters. The first-order valence-corrected chi connectivity index (χ1v) is 8.49. The van der Waals surface area contributed by atoms with E-state index in [1.165, 1.54) is 0 Å². The van der Waals surface area contributed by atoms with Gasteiger partial charge in [0.2, 0.25) is 12.7 Å². The predicted octanol–water partition coefficient (Wildman–Crippen LogP) is 2.68. The van der Waals surface area contributed by atoms with Crippen molar-refractivity contribution in [1.29, 1.82) is 0 Å². The van der Waals surface area contributed by atoms with E-state index in [2.05, 4.69) is 15.5 Å². The van der Waals surface area contributed by atoms with E-state index in [9.17, 15) is 4.79 Å². The fourth-order valence-electron chi connectivity index (χ4n) is 2.62. The molecule has 3 aromatic rings. The largest absolute Gasteiger partial charge is 0.475 e. The first kappa shape index (κ1) is 16.8. The summed E-state index contributed by atoms with van der Waals surface area (Å²) >= 11 is 0. The summed E-state index contributed by atoms with van der Waals surface area (Å²) in [6.45, 7) is 0.809. The van der Waals surface area contributed by atoms with Crippen LogP contribution < -0.4 is 19.5 Å². The monoisotopic (exact) mass is 363 g/mol. The summed E-state index contributed by atoms with van der Waals surface area (Å²) in [6.07, 6.45) is 0. The number of fused-ring (bicyclic) bond motifs is 1. The molecule has 0 radical (unpaired) electrons. The summed E-state index contributed by atoms with van der Waals surface area (Å²) in [7, 11) is 0. The number of carbonyl (C=O) groups excluding carboxylic acids is 1. The van der Waals surface area contributed by atoms with Crippen molar-refractivity contribution in [2.75, 3.05) is 19.9 Å². The maximum absolute atomic E-state index is 12.2. The molecule has 1 aliphatic rings. The summed E-state index contributed by atoms with van der Waals surface area (Å²) < 4.78 is 16.0. The smallest absolute Gasteiger partial charge is 0.251 e. The highest BCUT2D eigenvalue weighted by atomic mass is 16.7. The summed E-state index contributed by atoms with van der Waals surface area (Å²) in [6, 6.07) is 18.5. The first-order chi connectivity index (χ1) is 13.3. The van der Waals surface area contributed by atoms with Crippen molar-refractivity contribution in [2.45, 2.75) is 0 Å². The minimum absolute atomic E-state index is 0.179. The van der Waals surface area contributed by atoms with Crippen molar-refractivity contribution < 1.29 is 19.0 Å². The molecule has 0 aliphatic carbocycles. The Kier molecular flexibility index (Phi) is 4.82. The lowest BCUT2D eigenvalue weighted by atomic mass is 10.1. The third kappa shape index (κ3) is 3.98. The van der Waals surface area contributed by atoms with Gasteiger partial charge in [0.1, 0.15) is 6.61 Å². The van der Waals surface area contributed by atoms with Crippen LogP contribution in [0.5, 0.6) is 17.4 Å². The fourth-order valence-corrected chi connectivity index (χ4v) is 2.62. The van der Waals surface area contributed by atoms with Crippen LogP contribution in [0, 0.1) is 0 Å². The van der Waals surface area contributed by atoms with Gasteiger partial charge in [0.05, 0.1) is 12.2 Å². The molecule has 0 saturated heterocycles. The average molecular weight is 363 g/mol. The van der Waals surface area contributed by atoms with Crippen LogP contribution in [0.15, 0.2) is 60.7 Å². The van der Waals surface area contributed by atoms with Gasteiger partial charge in [-0.3, -0.25) is 4.79 Å². The van der Waals surface area contributed by atoms with Gasteiger partial charge in [-0.1, -0.05) is 30.3 Å². The standard InChI is InChI=1S/C20H17N3O4/c24-20(15-6-8-17-18(12-15)27-13-26-17)21-10-11-25-19-9-7-16(22-23-19)14-4-2-1-3-5-14/h1-9,12H,10-11,13H2,(H,21,24). The van der Waals surface area contributed by atoms with Crippen LogP contribution in [-0.2, 0) is 0 Å². The third-order valence-corrected chi connectivity index (χ3v) is 3.98. The van der Waals surface area contributed by atoms with Crippen molar-refractivity contribution in [1.82, 2.24) is 15.5 Å². The number of aromatic nitrogens is 2. The second-order valence-corrected chi connectivity index (χ2v) is 5.80. The van der Waals surface area contributed by atoms with Crippen LogP contribution in [0.1, 0.15) is 10.4 Å². The van der Waals surface area contributed by atoms with Gasteiger partial charge in [0.15, 0.2) is 11.5 Å². The minimum atomic E-state index is -0.206. The van der Waals surface area contributed by atoms with Gasteiger partial charge in [-0.15, -0.1) is 10.2 Å². The normalized spacial score (nSPS) is 11.9. The molecular weight excluding hydrogens is 346 g/mol. The second kappa shape index (κ2) is 7.74. The Labute approximate surface area is 155 Å². The average Bonchev–Trinajstić information content (AvgIpc) is 3.20. The van der Waals surface area contributed by atoms with Gasteiger partial charge < -0.3 is 19.5 Å². The third-order valence-electron chi connectivity index (χ3n) is 3.98. The Bertz CT molecular complexity index is 930. The van der Waals surface area contributed by atoms with Gasteiger partial charge in [0, 0.05) is 17.2 Å². The molecule has 2 heterocycles. The van der Waals surface area contributed by atoms with Crippen molar-refractivity contribution >= 4 is 5.91 Å². The maximum atomic E-state index is 12.2. The zero-order valence-electron chi connectivity index (χ0n) is 14.4. The Balaban J connectivity index is 1.26. The zero-order valence-corrected chi connectivity index (χ0v) is 14.4. The van der Waals surface area contributed by atoms with E-state index in [1.54, 1.807) is 24.3 Å². The molecule has 2 aromatic carbocycles. The van der Waals surface area contributed by atoms with Crippen molar-refractivity contribution in [3.8, 4) is 28.6 Å². The van der Waals surface area contributed by atoms with Crippen LogP contribution >= 0.6 is 0 Å². The van der Waals surface area contributed by atoms with E-state index >= 15 is 0 Å². The highest BCUT2D eigenvalue weighted by molar-refractivity contribution is 5.94. The number of hydrogen-bond donors (Lipinski definition) is 1. The number of rotatable bonds is 6. The lowest BCUT2D eigenvalue weighted by molar-refractivity contribution is 0.0946. The highest BCUT2D eigenvalue weighted by Crippen LogP contribution is 2.32. The molecule has 0 spiro atoms. The van der Waals surface area contributed by atoms with Gasteiger partial charge in [0.25, 0.3) is 5.91 Å². The molecule has 1 aliphatic heterocycles. The van der Waals surface area contributed by atoms with Gasteiger partial charge in [-0.05, 0) is 24.3 Å². The second-order valence-electron chi connectivity index (χ2n) is 5.80. The van der Waals surface area contributed by atoms with E-state index < -0.39 is 0 Å². The van der Waals surface area contributed by atoms with Crippen LogP contribution in [0.4, 0.5) is 0 Å². The Morgan fingerprint density at radius 3 is 2.67 bits per heavy atom. The SMILES string of the molecule is O=C(NCCOc1ccc(-c2ccccc2)nn1)c1ccc2c(c1)OCO2. The maximum Gasteiger partial charge on any atom is 0.251 e. The molecular formula is C20H17N3O4. The topological polar surface area (TPSA) is 82.6 Å². The zero-order chi connectivity index (χ0) is 18.5. The number of carbonyl (C=O) groups is 1. The number of benzene rings is 2. The lowest BCUT2D eigenvalue weighted by Gasteiger charge is -2.08. The van der Waals surface area contributed by atoms with Crippen molar-refractivity contribution in [2.24, 2.45) is 0 Å². The summed E-state index contributed by atoms with van der Waals surface area (Å²) in [4.78, 5) is 12.2. The van der Waals surface area contributed by atoms with E-state index in [0.717, 1.165) is 11.3 Å². The molecule has 4 rings (SSSR count). The van der Waals surface area contributed by atoms with E-state index in [1.807, 2.05) is 36.4 Å². The molecule has 136 valence electrons. The molecule has 27 heavy (non-hydrogen) atoms. The molecule has 7 nitrogen and oxygen atoms in total. The van der Waals surface area contributed by atoms with Gasteiger partial charge in [-0.2, -0.15) is 0 Å². The molecule has 1 N–H and O–H groups in total. The molecule has 7 heteroatoms. The van der Waals surface area contributed by atoms with Gasteiger partial charge in [-0.25, -0.2) is 0 Å². The molecule has 0 atom stereocenters. The molecule has 0 fully saturated rings. The van der Waals surface area contributed by atoms with E-state index in [4.69, 9.17) is 14.2 Å². The summed E-state index contributed by atoms with van der Waals surface area (Å²) in [5.41, 5.74) is 2.28. The van der Waals surface area contributed by atoms with Gasteiger partial charge >= 0.3 is 0 Å². The lowest BCUT2D eigenvalue weighted by Crippen LogP contribution is -2.28. The van der Waals surface area contributed by atoms with E-state index in [-0.39, 0.29) is 19.3 Å². The molecule has 1 amide bonds. The number of ether oxygens (including phenoxy) is 3. The van der Waals surface area contributed by atoms with Crippen molar-refractivity contribution in [3.05, 3.63) is 66.2 Å². The number of hydrogen-bond acceptors (Lipinski definition) is 6. The van der Waals surface area contributed by atoms with Crippen molar-refractivity contribution in [3.63, 3.8) is 0 Å². The molecule has 0 bridgehead atoms. The van der Waals surface area contributed by atoms with E-state index in [0.29, 0.717) is 29.5 Å². The molecule has 0 saturated carbocycles. The van der Waals surface area contributed by atoms with Crippen LogP contribution in [0.25, 0.3) is 11.3 Å². The minimum Gasteiger partial charge on any atom is -0.475 e. The quantitative estimate of drug-likeness (QED) is 0.678. The Morgan fingerprint density at radius 1 is 1.00 bits per heavy atom. The Hall–Kier alpha value is -3.61. The Morgan fingerprint density at radius 2 is 1.85 bits per heavy atom. The predicted molar refractivity (Wildman–Crippen MR) is 97.9 cm³/mol. The number of nitrogens with one attached hydrogen (secondary N) is 1. The summed E-state index contributed by atoms with van der Waals surface area (Å²) in [5, 5.41) is 11.0. The van der Waals surface area contributed by atoms with Crippen LogP contribution in [-0.4, -0.2) is 36.0 Å². The summed E-state index contributed by atoms with van der Waals surface area (Å²) in [5.74, 6) is 1.43. The fraction of sp³-hybridized carbons (Fsp3) is 0.150. The first-order valence-electron chi connectivity index (χ1n) is 8.49. The molecule has 1 aromatic heterocycles. The van der Waals surface area contributed by atoms with Crippen LogP contribution in [0.2, 0.25) is 0 Å². The van der Waals surface area contributed by atoms with Crippen LogP contribution in [0.3, 0.4) is 0 Å². The number of nitrogens with zero attached hydrogens (tertiary/aromatic N) is 2.